The molecule has 120 valence electrons. The van der Waals surface area contributed by atoms with Crippen molar-refractivity contribution in [2.45, 2.75) is 37.1 Å². The summed E-state index contributed by atoms with van der Waals surface area (Å²) < 4.78 is 26.9. The van der Waals surface area contributed by atoms with Crippen molar-refractivity contribution in [1.29, 1.82) is 0 Å². The molecule has 1 aromatic rings. The number of hydrogen-bond acceptors (Lipinski definition) is 4. The van der Waals surface area contributed by atoms with Crippen LogP contribution in [0.4, 0.5) is 0 Å². The predicted molar refractivity (Wildman–Crippen MR) is 79.1 cm³/mol. The Balaban J connectivity index is 2.15. The number of rotatable bonds is 7. The number of sulfonamides is 1. The number of amides is 1. The van der Waals surface area contributed by atoms with Gasteiger partial charge < -0.3 is 10.4 Å². The number of hydrogen-bond donors (Lipinski definition) is 3. The third-order valence-corrected chi connectivity index (χ3v) is 4.81. The zero-order valence-corrected chi connectivity index (χ0v) is 12.9. The van der Waals surface area contributed by atoms with Gasteiger partial charge in [-0.1, -0.05) is 6.07 Å². The summed E-state index contributed by atoms with van der Waals surface area (Å²) >= 11 is 0. The molecule has 0 unspecified atom stereocenters. The Kier molecular flexibility index (Phi) is 4.82. The normalized spacial score (nSPS) is 14.6. The van der Waals surface area contributed by atoms with Crippen LogP contribution in [0.25, 0.3) is 0 Å². The van der Waals surface area contributed by atoms with Crippen molar-refractivity contribution >= 4 is 21.9 Å². The van der Waals surface area contributed by atoms with Crippen LogP contribution in [0.2, 0.25) is 0 Å². The number of carboxylic acids is 1. The van der Waals surface area contributed by atoms with Gasteiger partial charge in [0, 0.05) is 18.2 Å². The highest BCUT2D eigenvalue weighted by atomic mass is 32.2. The SMILES string of the molecule is Cc1ccc(S(=O)(=O)NC2CC2)cc1C(=O)NCCC(=O)O. The smallest absolute Gasteiger partial charge is 0.305 e. The van der Waals surface area contributed by atoms with Crippen LogP contribution >= 0.6 is 0 Å². The van der Waals surface area contributed by atoms with Gasteiger partial charge in [-0.2, -0.15) is 0 Å². The topological polar surface area (TPSA) is 113 Å². The van der Waals surface area contributed by atoms with E-state index in [4.69, 9.17) is 5.11 Å². The maximum Gasteiger partial charge on any atom is 0.305 e. The molecule has 7 nitrogen and oxygen atoms in total. The van der Waals surface area contributed by atoms with Gasteiger partial charge in [0.15, 0.2) is 0 Å². The number of carbonyl (C=O) groups excluding carboxylic acids is 1. The van der Waals surface area contributed by atoms with Crippen LogP contribution < -0.4 is 10.0 Å². The summed E-state index contributed by atoms with van der Waals surface area (Å²) in [7, 11) is -3.63. The van der Waals surface area contributed by atoms with E-state index < -0.39 is 21.9 Å². The van der Waals surface area contributed by atoms with Gasteiger partial charge in [-0.15, -0.1) is 0 Å². The van der Waals surface area contributed by atoms with Crippen molar-refractivity contribution in [2.24, 2.45) is 0 Å². The highest BCUT2D eigenvalue weighted by Crippen LogP contribution is 2.23. The summed E-state index contributed by atoms with van der Waals surface area (Å²) in [4.78, 5) is 22.5. The maximum absolute atomic E-state index is 12.2. The molecule has 0 saturated heterocycles. The first-order valence-corrected chi connectivity index (χ1v) is 8.41. The largest absolute Gasteiger partial charge is 0.481 e. The molecule has 1 aliphatic rings. The second kappa shape index (κ2) is 6.45. The number of benzene rings is 1. The van der Waals surface area contributed by atoms with E-state index in [1.54, 1.807) is 13.0 Å². The molecule has 0 bridgehead atoms. The number of carboxylic acid groups (broad SMARTS) is 1. The summed E-state index contributed by atoms with van der Waals surface area (Å²) in [6.07, 6.45) is 1.47. The van der Waals surface area contributed by atoms with Crippen LogP contribution in [0, 0.1) is 6.92 Å². The molecule has 1 aromatic carbocycles. The molecule has 0 aromatic heterocycles. The lowest BCUT2D eigenvalue weighted by Crippen LogP contribution is -2.28. The van der Waals surface area contributed by atoms with Crippen molar-refractivity contribution in [3.63, 3.8) is 0 Å². The molecule has 1 fully saturated rings. The van der Waals surface area contributed by atoms with Gasteiger partial charge in [0.25, 0.3) is 5.91 Å². The zero-order valence-electron chi connectivity index (χ0n) is 12.1. The Bertz CT molecular complexity index is 695. The quantitative estimate of drug-likeness (QED) is 0.680. The molecule has 8 heteroatoms. The van der Waals surface area contributed by atoms with Crippen LogP contribution in [0.3, 0.4) is 0 Å². The van der Waals surface area contributed by atoms with Crippen LogP contribution in [0.1, 0.15) is 35.2 Å². The van der Waals surface area contributed by atoms with Crippen molar-refractivity contribution in [2.75, 3.05) is 6.54 Å². The first kappa shape index (κ1) is 16.4. The van der Waals surface area contributed by atoms with E-state index >= 15 is 0 Å². The van der Waals surface area contributed by atoms with Gasteiger partial charge in [0.05, 0.1) is 11.3 Å². The number of aliphatic carboxylic acids is 1. The number of nitrogens with one attached hydrogen (secondary N) is 2. The fraction of sp³-hybridized carbons (Fsp3) is 0.429. The predicted octanol–water partition coefficient (Wildman–Crippen LogP) is 0.640. The Morgan fingerprint density at radius 3 is 2.59 bits per heavy atom. The molecule has 1 aliphatic carbocycles. The van der Waals surface area contributed by atoms with Gasteiger partial charge in [-0.25, -0.2) is 13.1 Å². The fourth-order valence-corrected chi connectivity index (χ4v) is 3.21. The fourth-order valence-electron chi connectivity index (χ4n) is 1.88. The summed E-state index contributed by atoms with van der Waals surface area (Å²) in [5.74, 6) is -1.50. The first-order valence-electron chi connectivity index (χ1n) is 6.92. The van der Waals surface area contributed by atoms with Gasteiger partial charge >= 0.3 is 5.97 Å². The van der Waals surface area contributed by atoms with Gasteiger partial charge in [-0.3, -0.25) is 9.59 Å². The minimum absolute atomic E-state index is 0.00902. The van der Waals surface area contributed by atoms with E-state index in [9.17, 15) is 18.0 Å². The third-order valence-electron chi connectivity index (χ3n) is 3.29. The molecule has 0 radical (unpaired) electrons. The summed E-state index contributed by atoms with van der Waals surface area (Å²) in [6.45, 7) is 1.68. The first-order chi connectivity index (χ1) is 10.3. The molecule has 0 aliphatic heterocycles. The molecular weight excluding hydrogens is 308 g/mol. The summed E-state index contributed by atoms with van der Waals surface area (Å²) in [6, 6.07) is 4.32. The molecule has 3 N–H and O–H groups in total. The number of aryl methyl sites for hydroxylation is 1. The third kappa shape index (κ3) is 4.28. The zero-order chi connectivity index (χ0) is 16.3. The lowest BCUT2D eigenvalue weighted by Gasteiger charge is -2.10. The second-order valence-corrected chi connectivity index (χ2v) is 6.99. The van der Waals surface area contributed by atoms with Crippen molar-refractivity contribution in [1.82, 2.24) is 10.0 Å². The van der Waals surface area contributed by atoms with Gasteiger partial charge in [0.1, 0.15) is 0 Å². The average molecular weight is 326 g/mol. The Morgan fingerprint density at radius 1 is 1.32 bits per heavy atom. The van der Waals surface area contributed by atoms with Crippen molar-refractivity contribution in [3.05, 3.63) is 29.3 Å². The van der Waals surface area contributed by atoms with E-state index in [0.29, 0.717) is 5.56 Å². The molecule has 1 saturated carbocycles. The van der Waals surface area contributed by atoms with Crippen LogP contribution in [0.5, 0.6) is 0 Å². The molecule has 0 spiro atoms. The number of carbonyl (C=O) groups is 2. The Labute approximate surface area is 128 Å². The van der Waals surface area contributed by atoms with Crippen molar-refractivity contribution in [3.8, 4) is 0 Å². The van der Waals surface area contributed by atoms with E-state index in [2.05, 4.69) is 10.0 Å². The summed E-state index contributed by atoms with van der Waals surface area (Å²) in [5.41, 5.74) is 0.849. The lowest BCUT2D eigenvalue weighted by atomic mass is 10.1. The Hall–Kier alpha value is -1.93. The molecule has 22 heavy (non-hydrogen) atoms. The summed E-state index contributed by atoms with van der Waals surface area (Å²) in [5, 5.41) is 11.0. The van der Waals surface area contributed by atoms with Crippen molar-refractivity contribution < 1.29 is 23.1 Å². The minimum Gasteiger partial charge on any atom is -0.481 e. The van der Waals surface area contributed by atoms with Crippen LogP contribution in [-0.2, 0) is 14.8 Å². The highest BCUT2D eigenvalue weighted by molar-refractivity contribution is 7.89. The standard InChI is InChI=1S/C14H18N2O5S/c1-9-2-5-11(22(20,21)16-10-3-4-10)8-12(9)14(19)15-7-6-13(17)18/h2,5,8,10,16H,3-4,6-7H2,1H3,(H,15,19)(H,17,18). The monoisotopic (exact) mass is 326 g/mol. The minimum atomic E-state index is -3.63. The molecular formula is C14H18N2O5S. The highest BCUT2D eigenvalue weighted by Gasteiger charge is 2.28. The van der Waals surface area contributed by atoms with Gasteiger partial charge in [0.2, 0.25) is 10.0 Å². The maximum atomic E-state index is 12.2. The van der Waals surface area contributed by atoms with E-state index in [0.717, 1.165) is 12.8 Å². The molecule has 0 heterocycles. The molecule has 0 atom stereocenters. The average Bonchev–Trinajstić information content (AvgIpc) is 3.21. The second-order valence-electron chi connectivity index (χ2n) is 5.27. The lowest BCUT2D eigenvalue weighted by molar-refractivity contribution is -0.136. The van der Waals surface area contributed by atoms with E-state index in [1.165, 1.54) is 12.1 Å². The Morgan fingerprint density at radius 2 is 2.00 bits per heavy atom. The van der Waals surface area contributed by atoms with E-state index in [-0.39, 0.29) is 29.5 Å². The van der Waals surface area contributed by atoms with Crippen LogP contribution in [-0.4, -0.2) is 38.0 Å². The molecule has 1 amide bonds. The molecule has 2 rings (SSSR count). The van der Waals surface area contributed by atoms with E-state index in [1.807, 2.05) is 0 Å². The van der Waals surface area contributed by atoms with Crippen LogP contribution in [0.15, 0.2) is 23.1 Å². The van der Waals surface area contributed by atoms with Gasteiger partial charge in [-0.05, 0) is 37.5 Å².